The average molecular weight is 501 g/mol. The Hall–Kier alpha value is -0.623. The monoisotopic (exact) mass is 500 g/mol. The Morgan fingerprint density at radius 1 is 0.818 bits per heavy atom. The Morgan fingerprint density at radius 3 is 1.85 bits per heavy atom. The molecule has 0 bridgehead atoms. The molecule has 33 heavy (non-hydrogen) atoms. The fourth-order valence-electron chi connectivity index (χ4n) is 6.21. The van der Waals surface area contributed by atoms with Gasteiger partial charge in [0, 0.05) is 5.88 Å². The summed E-state index contributed by atoms with van der Waals surface area (Å²) in [6.07, 6.45) is 11.5. The van der Waals surface area contributed by atoms with E-state index in [9.17, 15) is 0 Å². The molecule has 0 spiro atoms. The van der Waals surface area contributed by atoms with E-state index >= 15 is 0 Å². The highest BCUT2D eigenvalue weighted by Gasteiger charge is 2.36. The van der Waals surface area contributed by atoms with Crippen molar-refractivity contribution in [1.29, 1.82) is 0 Å². The lowest BCUT2D eigenvalue weighted by molar-refractivity contribution is 0.402. The molecule has 0 saturated heterocycles. The molecule has 0 heterocycles. The Kier molecular flexibility index (Phi) is 11.0. The summed E-state index contributed by atoms with van der Waals surface area (Å²) in [5.41, 5.74) is 1.96. The third-order valence-corrected chi connectivity index (χ3v) is 15.9. The van der Waals surface area contributed by atoms with Crippen molar-refractivity contribution in [3.05, 3.63) is 60.7 Å². The number of hydrogen-bond donors (Lipinski definition) is 0. The van der Waals surface area contributed by atoms with Crippen molar-refractivity contribution in [3.63, 3.8) is 0 Å². The van der Waals surface area contributed by atoms with Gasteiger partial charge in [-0.3, -0.25) is 0 Å². The van der Waals surface area contributed by atoms with Crippen molar-refractivity contribution in [2.75, 3.05) is 5.88 Å². The van der Waals surface area contributed by atoms with Gasteiger partial charge in [0.1, 0.15) is 0 Å². The third kappa shape index (κ3) is 7.68. The van der Waals surface area contributed by atoms with Crippen molar-refractivity contribution in [2.24, 2.45) is 11.8 Å². The van der Waals surface area contributed by atoms with Crippen LogP contribution in [0.15, 0.2) is 60.7 Å². The Balaban J connectivity index is 0.000000218. The largest absolute Gasteiger partial charge is 0.127 e. The van der Waals surface area contributed by atoms with Crippen LogP contribution in [0.25, 0.3) is 0 Å². The van der Waals surface area contributed by atoms with E-state index in [0.717, 1.165) is 28.9 Å². The van der Waals surface area contributed by atoms with Crippen molar-refractivity contribution < 1.29 is 0 Å². The molecule has 2 saturated carbocycles. The van der Waals surface area contributed by atoms with Crippen LogP contribution in [0.1, 0.15) is 65.2 Å². The van der Waals surface area contributed by atoms with Crippen LogP contribution in [-0.2, 0) is 0 Å². The molecular formula is C30H46ClPSi. The van der Waals surface area contributed by atoms with E-state index in [2.05, 4.69) is 87.6 Å². The van der Waals surface area contributed by atoms with Crippen LogP contribution in [0, 0.1) is 11.8 Å². The minimum absolute atomic E-state index is 0.224. The van der Waals surface area contributed by atoms with Crippen LogP contribution >= 0.6 is 19.5 Å². The third-order valence-electron chi connectivity index (χ3n) is 8.20. The van der Waals surface area contributed by atoms with Gasteiger partial charge in [-0.2, -0.15) is 0 Å². The van der Waals surface area contributed by atoms with Gasteiger partial charge in [-0.05, 0) is 60.8 Å². The lowest BCUT2D eigenvalue weighted by Crippen LogP contribution is -2.30. The molecule has 2 aromatic carbocycles. The zero-order valence-electron chi connectivity index (χ0n) is 21.5. The van der Waals surface area contributed by atoms with Gasteiger partial charge in [-0.15, -0.1) is 11.6 Å². The molecule has 2 fully saturated rings. The topological polar surface area (TPSA) is 0 Å². The number of halogens is 1. The zero-order chi connectivity index (χ0) is 23.7. The molecule has 0 amide bonds. The summed E-state index contributed by atoms with van der Waals surface area (Å²) in [7, 11) is -1.10. The number of alkyl halides is 1. The molecule has 2 aromatic rings. The molecule has 4 rings (SSSR count). The highest BCUT2D eigenvalue weighted by atomic mass is 35.5. The second-order valence-corrected chi connectivity index (χ2v) is 19.3. The molecule has 0 radical (unpaired) electrons. The van der Waals surface area contributed by atoms with Crippen molar-refractivity contribution >= 4 is 38.2 Å². The van der Waals surface area contributed by atoms with E-state index in [4.69, 9.17) is 11.6 Å². The van der Waals surface area contributed by atoms with Crippen LogP contribution in [0.3, 0.4) is 0 Å². The first-order chi connectivity index (χ1) is 15.9. The molecule has 0 N–H and O–H groups in total. The Labute approximate surface area is 211 Å². The van der Waals surface area contributed by atoms with Crippen LogP contribution in [0.2, 0.25) is 24.7 Å². The summed E-state index contributed by atoms with van der Waals surface area (Å²) in [5, 5.41) is 3.10. The molecule has 0 aromatic heterocycles. The maximum Gasteiger partial charge on any atom is 0.0505 e. The fraction of sp³-hybridized carbons (Fsp3) is 0.600. The smallest absolute Gasteiger partial charge is 0.0505 e. The van der Waals surface area contributed by atoms with E-state index < -0.39 is 8.07 Å². The minimum atomic E-state index is -0.876. The SMILES string of the molecule is CC(C)C1CCCC1P(c1ccccc1)c1ccccc1.C[Si](C)(CCCCl)C1CCCC1. The summed E-state index contributed by atoms with van der Waals surface area (Å²) in [5.74, 6) is 2.55. The molecule has 2 aliphatic carbocycles. The molecular weight excluding hydrogens is 455 g/mol. The summed E-state index contributed by atoms with van der Waals surface area (Å²) < 4.78 is 0. The summed E-state index contributed by atoms with van der Waals surface area (Å²) in [4.78, 5) is 0. The average Bonchev–Trinajstić information content (AvgIpc) is 3.53. The second-order valence-electron chi connectivity index (χ2n) is 11.2. The fourth-order valence-corrected chi connectivity index (χ4v) is 13.4. The van der Waals surface area contributed by atoms with Crippen molar-refractivity contribution in [1.82, 2.24) is 0 Å². The first-order valence-corrected chi connectivity index (χ1v) is 18.6. The number of rotatable bonds is 8. The summed E-state index contributed by atoms with van der Waals surface area (Å²) in [6, 6.07) is 23.9. The van der Waals surface area contributed by atoms with Crippen molar-refractivity contribution in [3.8, 4) is 0 Å². The van der Waals surface area contributed by atoms with E-state index in [-0.39, 0.29) is 7.92 Å². The van der Waals surface area contributed by atoms with Gasteiger partial charge in [-0.1, -0.05) is 126 Å². The molecule has 3 heteroatoms. The molecule has 2 atom stereocenters. The predicted octanol–water partition coefficient (Wildman–Crippen LogP) is 9.21. The van der Waals surface area contributed by atoms with E-state index in [0.29, 0.717) is 0 Å². The van der Waals surface area contributed by atoms with Gasteiger partial charge in [0.25, 0.3) is 0 Å². The lowest BCUT2D eigenvalue weighted by Gasteiger charge is -2.32. The maximum atomic E-state index is 5.74. The molecule has 2 unspecified atom stereocenters. The van der Waals surface area contributed by atoms with Crippen LogP contribution in [-0.4, -0.2) is 19.6 Å². The molecule has 0 aliphatic heterocycles. The zero-order valence-corrected chi connectivity index (χ0v) is 24.1. The first-order valence-electron chi connectivity index (χ1n) is 13.4. The quantitative estimate of drug-likeness (QED) is 0.192. The first kappa shape index (κ1) is 27.0. The van der Waals surface area contributed by atoms with Gasteiger partial charge in [0.15, 0.2) is 0 Å². The van der Waals surface area contributed by atoms with Crippen LogP contribution in [0.5, 0.6) is 0 Å². The standard InChI is InChI=1S/C20H25P.C10H21ClSi/c1-16(2)19-14-9-15-20(19)21(17-10-5-3-6-11-17)18-12-7-4-8-13-18;1-12(2,9-5-8-11)10-6-3-4-7-10/h3-8,10-13,16,19-20H,9,14-15H2,1-2H3;10H,3-9H2,1-2H3. The van der Waals surface area contributed by atoms with Gasteiger partial charge >= 0.3 is 0 Å². The van der Waals surface area contributed by atoms with E-state index in [1.165, 1.54) is 57.4 Å². The highest BCUT2D eigenvalue weighted by Crippen LogP contribution is 2.52. The lowest BCUT2D eigenvalue weighted by atomic mass is 9.94. The normalized spacial score (nSPS) is 21.4. The van der Waals surface area contributed by atoms with Gasteiger partial charge < -0.3 is 0 Å². The predicted molar refractivity (Wildman–Crippen MR) is 155 cm³/mol. The Morgan fingerprint density at radius 2 is 1.36 bits per heavy atom. The summed E-state index contributed by atoms with van der Waals surface area (Å²) >= 11 is 5.74. The van der Waals surface area contributed by atoms with E-state index in [1.807, 2.05) is 0 Å². The van der Waals surface area contributed by atoms with E-state index in [1.54, 1.807) is 10.6 Å². The molecule has 2 aliphatic rings. The number of benzene rings is 2. The number of hydrogen-bond acceptors (Lipinski definition) is 0. The maximum absolute atomic E-state index is 5.74. The van der Waals surface area contributed by atoms with Gasteiger partial charge in [-0.25, -0.2) is 0 Å². The van der Waals surface area contributed by atoms with Crippen LogP contribution in [0.4, 0.5) is 0 Å². The van der Waals surface area contributed by atoms with Gasteiger partial charge in [0.05, 0.1) is 8.07 Å². The molecule has 0 nitrogen and oxygen atoms in total. The Bertz CT molecular complexity index is 746. The summed E-state index contributed by atoms with van der Waals surface area (Å²) in [6.45, 7) is 9.92. The highest BCUT2D eigenvalue weighted by molar-refractivity contribution is 7.73. The van der Waals surface area contributed by atoms with Crippen LogP contribution < -0.4 is 10.6 Å². The van der Waals surface area contributed by atoms with Gasteiger partial charge in [0.2, 0.25) is 0 Å². The molecule has 182 valence electrons. The van der Waals surface area contributed by atoms with Crippen molar-refractivity contribution in [2.45, 2.75) is 95.6 Å². The second kappa shape index (κ2) is 13.5. The minimum Gasteiger partial charge on any atom is -0.127 e.